The van der Waals surface area contributed by atoms with Crippen LogP contribution in [0.2, 0.25) is 0 Å². The molecule has 1 rings (SSSR count). The highest BCUT2D eigenvalue weighted by atomic mass is 16.3. The number of nitrogens with zero attached hydrogens (tertiary/aromatic N) is 2. The molecule has 1 aromatic rings. The van der Waals surface area contributed by atoms with Gasteiger partial charge in [0.15, 0.2) is 0 Å². The topological polar surface area (TPSA) is 26.7 Å². The lowest BCUT2D eigenvalue weighted by atomic mass is 10.1. The van der Waals surface area contributed by atoms with Crippen LogP contribution in [-0.4, -0.2) is 48.6 Å². The van der Waals surface area contributed by atoms with Gasteiger partial charge in [-0.15, -0.1) is 0 Å². The van der Waals surface area contributed by atoms with Crippen LogP contribution in [0.5, 0.6) is 0 Å². The lowest BCUT2D eigenvalue weighted by molar-refractivity contribution is 0.235. The van der Waals surface area contributed by atoms with Crippen molar-refractivity contribution in [3.05, 3.63) is 35.4 Å². The molecule has 1 aromatic carbocycles. The molecule has 0 aliphatic rings. The van der Waals surface area contributed by atoms with Crippen molar-refractivity contribution in [1.82, 2.24) is 9.80 Å². The van der Waals surface area contributed by atoms with Gasteiger partial charge in [0.2, 0.25) is 0 Å². The van der Waals surface area contributed by atoms with Crippen molar-refractivity contribution in [2.24, 2.45) is 5.92 Å². The van der Waals surface area contributed by atoms with Crippen molar-refractivity contribution in [2.45, 2.75) is 27.0 Å². The van der Waals surface area contributed by atoms with Gasteiger partial charge in [-0.1, -0.05) is 38.1 Å². The van der Waals surface area contributed by atoms with Gasteiger partial charge >= 0.3 is 0 Å². The van der Waals surface area contributed by atoms with Gasteiger partial charge < -0.3 is 14.9 Å². The first-order chi connectivity index (χ1) is 9.01. The normalized spacial score (nSPS) is 11.8. The van der Waals surface area contributed by atoms with Crippen molar-refractivity contribution in [3.63, 3.8) is 0 Å². The van der Waals surface area contributed by atoms with E-state index in [4.69, 9.17) is 5.11 Å². The molecule has 19 heavy (non-hydrogen) atoms. The van der Waals surface area contributed by atoms with Crippen molar-refractivity contribution >= 4 is 0 Å². The second-order valence-corrected chi connectivity index (χ2v) is 5.87. The van der Waals surface area contributed by atoms with Crippen molar-refractivity contribution in [1.29, 1.82) is 0 Å². The van der Waals surface area contributed by atoms with Crippen LogP contribution in [0.4, 0.5) is 0 Å². The number of benzene rings is 1. The summed E-state index contributed by atoms with van der Waals surface area (Å²) in [6.45, 7) is 8.91. The van der Waals surface area contributed by atoms with Crippen LogP contribution < -0.4 is 0 Å². The van der Waals surface area contributed by atoms with Gasteiger partial charge in [0.25, 0.3) is 0 Å². The molecule has 0 fully saturated rings. The number of aliphatic hydroxyl groups excluding tert-OH is 1. The van der Waals surface area contributed by atoms with E-state index in [1.165, 1.54) is 5.56 Å². The third-order valence-corrected chi connectivity index (χ3v) is 3.20. The van der Waals surface area contributed by atoms with Gasteiger partial charge in [-0.2, -0.15) is 0 Å². The SMILES string of the molecule is CC(C)CN(C)CCN(C)Cc1ccc(CO)cc1. The number of aliphatic hydroxyl groups is 1. The molecule has 3 heteroatoms. The molecule has 0 saturated heterocycles. The molecule has 0 amide bonds. The maximum atomic E-state index is 9.01. The third kappa shape index (κ3) is 6.71. The maximum absolute atomic E-state index is 9.01. The van der Waals surface area contributed by atoms with Crippen LogP contribution in [0.15, 0.2) is 24.3 Å². The van der Waals surface area contributed by atoms with Crippen LogP contribution in [0.25, 0.3) is 0 Å². The van der Waals surface area contributed by atoms with E-state index in [9.17, 15) is 0 Å². The summed E-state index contributed by atoms with van der Waals surface area (Å²) in [6, 6.07) is 8.18. The molecule has 0 unspecified atom stereocenters. The first-order valence-electron chi connectivity index (χ1n) is 7.07. The molecular weight excluding hydrogens is 236 g/mol. The highest BCUT2D eigenvalue weighted by Crippen LogP contribution is 2.07. The van der Waals surface area contributed by atoms with E-state index in [-0.39, 0.29) is 6.61 Å². The van der Waals surface area contributed by atoms with E-state index in [2.05, 4.69) is 49.9 Å². The van der Waals surface area contributed by atoms with E-state index in [1.54, 1.807) is 0 Å². The minimum atomic E-state index is 0.121. The highest BCUT2D eigenvalue weighted by molar-refractivity contribution is 5.21. The Morgan fingerprint density at radius 1 is 0.947 bits per heavy atom. The third-order valence-electron chi connectivity index (χ3n) is 3.20. The molecule has 0 radical (unpaired) electrons. The van der Waals surface area contributed by atoms with Crippen molar-refractivity contribution < 1.29 is 5.11 Å². The highest BCUT2D eigenvalue weighted by Gasteiger charge is 2.05. The van der Waals surface area contributed by atoms with Crippen LogP contribution in [0.3, 0.4) is 0 Å². The van der Waals surface area contributed by atoms with Gasteiger partial charge in [-0.25, -0.2) is 0 Å². The van der Waals surface area contributed by atoms with E-state index < -0.39 is 0 Å². The fraction of sp³-hybridized carbons (Fsp3) is 0.625. The summed E-state index contributed by atoms with van der Waals surface area (Å²) in [6.07, 6.45) is 0. The Morgan fingerprint density at radius 3 is 2.00 bits per heavy atom. The summed E-state index contributed by atoms with van der Waals surface area (Å²) < 4.78 is 0. The number of hydrogen-bond acceptors (Lipinski definition) is 3. The zero-order valence-corrected chi connectivity index (χ0v) is 12.8. The van der Waals surface area contributed by atoms with E-state index in [0.717, 1.165) is 37.7 Å². The first kappa shape index (κ1) is 16.2. The molecule has 3 nitrogen and oxygen atoms in total. The average molecular weight is 264 g/mol. The standard InChI is InChI=1S/C16H28N2O/c1-14(2)11-17(3)9-10-18(4)12-15-5-7-16(13-19)8-6-15/h5-8,14,19H,9-13H2,1-4H3. The monoisotopic (exact) mass is 264 g/mol. The Kier molecular flexibility index (Phi) is 7.06. The minimum Gasteiger partial charge on any atom is -0.392 e. The van der Waals surface area contributed by atoms with E-state index >= 15 is 0 Å². The van der Waals surface area contributed by atoms with Crippen LogP contribution in [0, 0.1) is 5.92 Å². The quantitative estimate of drug-likeness (QED) is 0.780. The van der Waals surface area contributed by atoms with E-state index in [0.29, 0.717) is 0 Å². The zero-order valence-electron chi connectivity index (χ0n) is 12.8. The lowest BCUT2D eigenvalue weighted by Gasteiger charge is -2.23. The maximum Gasteiger partial charge on any atom is 0.0681 e. The number of hydrogen-bond donors (Lipinski definition) is 1. The summed E-state index contributed by atoms with van der Waals surface area (Å²) >= 11 is 0. The molecule has 0 saturated carbocycles. The summed E-state index contributed by atoms with van der Waals surface area (Å²) in [5.74, 6) is 0.723. The van der Waals surface area contributed by atoms with Gasteiger partial charge in [0.1, 0.15) is 0 Å². The molecule has 1 N–H and O–H groups in total. The van der Waals surface area contributed by atoms with Crippen molar-refractivity contribution in [3.8, 4) is 0 Å². The Hall–Kier alpha value is -0.900. The largest absolute Gasteiger partial charge is 0.392 e. The summed E-state index contributed by atoms with van der Waals surface area (Å²) in [5, 5.41) is 9.01. The molecule has 108 valence electrons. The fourth-order valence-corrected chi connectivity index (χ4v) is 2.20. The minimum absolute atomic E-state index is 0.121. The fourth-order valence-electron chi connectivity index (χ4n) is 2.20. The van der Waals surface area contributed by atoms with Gasteiger partial charge in [-0.05, 0) is 31.1 Å². The molecule has 0 atom stereocenters. The van der Waals surface area contributed by atoms with Gasteiger partial charge in [0, 0.05) is 26.2 Å². The molecule has 0 aromatic heterocycles. The predicted molar refractivity (Wildman–Crippen MR) is 81.0 cm³/mol. The molecule has 0 bridgehead atoms. The second kappa shape index (κ2) is 8.31. The number of rotatable bonds is 8. The van der Waals surface area contributed by atoms with Gasteiger partial charge in [-0.3, -0.25) is 0 Å². The van der Waals surface area contributed by atoms with Crippen LogP contribution in [0.1, 0.15) is 25.0 Å². The second-order valence-electron chi connectivity index (χ2n) is 5.87. The molecular formula is C16H28N2O. The summed E-state index contributed by atoms with van der Waals surface area (Å²) in [4.78, 5) is 4.72. The summed E-state index contributed by atoms with van der Waals surface area (Å²) in [5.41, 5.74) is 2.27. The molecule has 0 aliphatic carbocycles. The molecule has 0 spiro atoms. The van der Waals surface area contributed by atoms with Crippen LogP contribution >= 0.6 is 0 Å². The lowest BCUT2D eigenvalue weighted by Crippen LogP contribution is -2.32. The van der Waals surface area contributed by atoms with Gasteiger partial charge in [0.05, 0.1) is 6.61 Å². The summed E-state index contributed by atoms with van der Waals surface area (Å²) in [7, 11) is 4.34. The molecule has 0 aliphatic heterocycles. The number of likely N-dealkylation sites (N-methyl/N-ethyl adjacent to an activating group) is 2. The molecule has 0 heterocycles. The average Bonchev–Trinajstić information content (AvgIpc) is 2.36. The Labute approximate surface area is 117 Å². The van der Waals surface area contributed by atoms with E-state index in [1.807, 2.05) is 12.1 Å². The Bertz CT molecular complexity index is 348. The predicted octanol–water partition coefficient (Wildman–Crippen LogP) is 2.20. The van der Waals surface area contributed by atoms with Crippen molar-refractivity contribution in [2.75, 3.05) is 33.7 Å². The van der Waals surface area contributed by atoms with Crippen LogP contribution in [-0.2, 0) is 13.2 Å². The first-order valence-corrected chi connectivity index (χ1v) is 7.07. The smallest absolute Gasteiger partial charge is 0.0681 e. The Balaban J connectivity index is 2.31. The Morgan fingerprint density at radius 2 is 1.47 bits per heavy atom. The zero-order chi connectivity index (χ0) is 14.3.